The molecule has 0 saturated carbocycles. The van der Waals surface area contributed by atoms with Gasteiger partial charge in [0.25, 0.3) is 0 Å². The first-order valence-corrected chi connectivity index (χ1v) is 13.8. The van der Waals surface area contributed by atoms with Gasteiger partial charge >= 0.3 is 5.97 Å². The number of hydrogen-bond donors (Lipinski definition) is 2. The van der Waals surface area contributed by atoms with Gasteiger partial charge in [-0.15, -0.1) is 0 Å². The summed E-state index contributed by atoms with van der Waals surface area (Å²) in [6.45, 7) is 7.98. The van der Waals surface area contributed by atoms with Crippen LogP contribution < -0.4 is 5.32 Å². The van der Waals surface area contributed by atoms with Crippen LogP contribution in [-0.2, 0) is 24.1 Å². The normalized spacial score (nSPS) is 18.4. The summed E-state index contributed by atoms with van der Waals surface area (Å²) in [4.78, 5) is 19.1. The molecule has 1 aromatic carbocycles. The molecule has 2 atom stereocenters. The van der Waals surface area contributed by atoms with Crippen molar-refractivity contribution < 1.29 is 9.90 Å². The van der Waals surface area contributed by atoms with Gasteiger partial charge in [-0.1, -0.05) is 25.1 Å². The molecule has 0 bridgehead atoms. The lowest BCUT2D eigenvalue weighted by molar-refractivity contribution is -0.137. The number of anilines is 1. The first kappa shape index (κ1) is 25.5. The number of fused-ring (bicyclic) bond motifs is 1. The lowest BCUT2D eigenvalue weighted by Gasteiger charge is -2.24. The molecule has 2 aromatic heterocycles. The van der Waals surface area contributed by atoms with Gasteiger partial charge in [0.15, 0.2) is 0 Å². The summed E-state index contributed by atoms with van der Waals surface area (Å²) >= 11 is 0. The minimum atomic E-state index is -0.748. The fourth-order valence-electron chi connectivity index (χ4n) is 5.92. The van der Waals surface area contributed by atoms with Crippen LogP contribution in [0.3, 0.4) is 0 Å². The zero-order chi connectivity index (χ0) is 25.8. The Hall–Kier alpha value is -3.19. The molecule has 2 N–H and O–H groups in total. The topological polar surface area (TPSA) is 83.3 Å². The van der Waals surface area contributed by atoms with Gasteiger partial charge in [-0.25, -0.2) is 9.67 Å². The predicted molar refractivity (Wildman–Crippen MR) is 147 cm³/mol. The lowest BCUT2D eigenvalue weighted by Crippen LogP contribution is -2.28. The second kappa shape index (κ2) is 11.5. The minimum Gasteiger partial charge on any atom is -0.481 e. The van der Waals surface area contributed by atoms with Gasteiger partial charge in [0.05, 0.1) is 17.8 Å². The highest BCUT2D eigenvalue weighted by Gasteiger charge is 2.27. The van der Waals surface area contributed by atoms with Crippen molar-refractivity contribution in [1.29, 1.82) is 0 Å². The second-order valence-corrected chi connectivity index (χ2v) is 10.7. The van der Waals surface area contributed by atoms with E-state index in [4.69, 9.17) is 4.98 Å². The highest BCUT2D eigenvalue weighted by atomic mass is 16.4. The monoisotopic (exact) mass is 501 g/mol. The molecule has 0 radical (unpaired) electrons. The maximum Gasteiger partial charge on any atom is 0.304 e. The molecule has 7 nitrogen and oxygen atoms in total. The molecule has 0 amide bonds. The van der Waals surface area contributed by atoms with Crippen molar-refractivity contribution in [1.82, 2.24) is 19.7 Å². The maximum absolute atomic E-state index is 11.8. The van der Waals surface area contributed by atoms with E-state index in [1.165, 1.54) is 17.7 Å². The molecule has 5 rings (SSSR count). The van der Waals surface area contributed by atoms with Gasteiger partial charge in [0, 0.05) is 36.9 Å². The van der Waals surface area contributed by atoms with Crippen LogP contribution in [0.4, 0.5) is 5.82 Å². The Morgan fingerprint density at radius 3 is 2.97 bits per heavy atom. The van der Waals surface area contributed by atoms with Gasteiger partial charge in [0.1, 0.15) is 5.82 Å². The van der Waals surface area contributed by atoms with Crippen molar-refractivity contribution in [3.05, 3.63) is 70.7 Å². The second-order valence-electron chi connectivity index (χ2n) is 10.7. The third-order valence-electron chi connectivity index (χ3n) is 7.88. The Morgan fingerprint density at radius 1 is 1.24 bits per heavy atom. The number of aliphatic carboxylic acids is 1. The maximum atomic E-state index is 11.8. The molecule has 196 valence electrons. The van der Waals surface area contributed by atoms with Crippen LogP contribution in [0, 0.1) is 12.8 Å². The SMILES string of the molecule is CCc1cc(C)nn1-c1cccc(C(CC(=O)O)CN2CC[C@@H](CCc3ccc4c(n3)NCCC4)C2)c1. The van der Waals surface area contributed by atoms with Crippen LogP contribution in [-0.4, -0.2) is 56.9 Å². The average molecular weight is 502 g/mol. The Kier molecular flexibility index (Phi) is 7.89. The van der Waals surface area contributed by atoms with Crippen LogP contribution in [0.2, 0.25) is 0 Å². The summed E-state index contributed by atoms with van der Waals surface area (Å²) in [5.74, 6) is 0.905. The Labute approximate surface area is 219 Å². The molecular formula is C30H39N5O2. The fourth-order valence-corrected chi connectivity index (χ4v) is 5.92. The number of rotatable bonds is 10. The number of likely N-dealkylation sites (tertiary alicyclic amines) is 1. The zero-order valence-corrected chi connectivity index (χ0v) is 22.1. The summed E-state index contributed by atoms with van der Waals surface area (Å²) in [5, 5.41) is 17.8. The molecule has 1 unspecified atom stereocenters. The Balaban J connectivity index is 1.22. The van der Waals surface area contributed by atoms with Crippen molar-refractivity contribution >= 4 is 11.8 Å². The van der Waals surface area contributed by atoms with E-state index >= 15 is 0 Å². The van der Waals surface area contributed by atoms with Crippen LogP contribution in [0.1, 0.15) is 66.7 Å². The van der Waals surface area contributed by atoms with Crippen LogP contribution >= 0.6 is 0 Å². The predicted octanol–water partition coefficient (Wildman–Crippen LogP) is 5.01. The summed E-state index contributed by atoms with van der Waals surface area (Å²) in [5.41, 5.74) is 6.75. The number of hydrogen-bond acceptors (Lipinski definition) is 5. The third-order valence-corrected chi connectivity index (χ3v) is 7.88. The Bertz CT molecular complexity index is 1240. The molecule has 7 heteroatoms. The molecule has 0 spiro atoms. The fraction of sp³-hybridized carbons (Fsp3) is 0.500. The first-order valence-electron chi connectivity index (χ1n) is 13.8. The van der Waals surface area contributed by atoms with Gasteiger partial charge in [-0.3, -0.25) is 4.79 Å². The number of carboxylic acid groups (broad SMARTS) is 1. The molecule has 1 fully saturated rings. The summed E-state index contributed by atoms with van der Waals surface area (Å²) in [6, 6.07) is 14.8. The quantitative estimate of drug-likeness (QED) is 0.406. The zero-order valence-electron chi connectivity index (χ0n) is 22.1. The van der Waals surface area contributed by atoms with E-state index in [2.05, 4.69) is 58.6 Å². The van der Waals surface area contributed by atoms with E-state index in [9.17, 15) is 9.90 Å². The molecule has 4 heterocycles. The van der Waals surface area contributed by atoms with Crippen LogP contribution in [0.15, 0.2) is 42.5 Å². The summed E-state index contributed by atoms with van der Waals surface area (Å²) < 4.78 is 1.99. The molecule has 3 aromatic rings. The highest BCUT2D eigenvalue weighted by molar-refractivity contribution is 5.68. The van der Waals surface area contributed by atoms with E-state index in [-0.39, 0.29) is 12.3 Å². The number of carboxylic acids is 1. The molecule has 2 aliphatic rings. The molecule has 2 aliphatic heterocycles. The van der Waals surface area contributed by atoms with E-state index in [0.717, 1.165) is 86.7 Å². The summed E-state index contributed by atoms with van der Waals surface area (Å²) in [6.07, 6.45) is 6.62. The third kappa shape index (κ3) is 6.21. The number of nitrogens with zero attached hydrogens (tertiary/aromatic N) is 4. The van der Waals surface area contributed by atoms with Crippen LogP contribution in [0.5, 0.6) is 0 Å². The van der Waals surface area contributed by atoms with Gasteiger partial charge in [0.2, 0.25) is 0 Å². The standard InChI is InChI=1S/C30H39N5O2/c1-3-27-16-21(2)33-35(27)28-8-4-6-24(17-28)25(18-29(36)37)20-34-15-13-22(19-34)9-11-26-12-10-23-7-5-14-31-30(23)32-26/h4,6,8,10,12,16-17,22,25H,3,5,7,9,11,13-15,18-20H2,1-2H3,(H,31,32)(H,36,37)/t22-,25?/m1/s1. The Morgan fingerprint density at radius 2 is 2.14 bits per heavy atom. The largest absolute Gasteiger partial charge is 0.481 e. The van der Waals surface area contributed by atoms with E-state index < -0.39 is 5.97 Å². The van der Waals surface area contributed by atoms with E-state index in [1.807, 2.05) is 17.7 Å². The number of aryl methyl sites for hydroxylation is 4. The van der Waals surface area contributed by atoms with Crippen molar-refractivity contribution in [2.45, 2.75) is 64.7 Å². The smallest absolute Gasteiger partial charge is 0.304 e. The molecule has 1 saturated heterocycles. The first-order chi connectivity index (χ1) is 18.0. The molecular weight excluding hydrogens is 462 g/mol. The number of carbonyl (C=O) groups is 1. The van der Waals surface area contributed by atoms with Crippen molar-refractivity contribution in [3.63, 3.8) is 0 Å². The van der Waals surface area contributed by atoms with E-state index in [0.29, 0.717) is 5.92 Å². The molecule has 37 heavy (non-hydrogen) atoms. The average Bonchev–Trinajstić information content (AvgIpc) is 3.52. The lowest BCUT2D eigenvalue weighted by atomic mass is 9.94. The number of pyridine rings is 1. The highest BCUT2D eigenvalue weighted by Crippen LogP contribution is 2.29. The number of benzene rings is 1. The van der Waals surface area contributed by atoms with Gasteiger partial charge < -0.3 is 15.3 Å². The minimum absolute atomic E-state index is 0.0497. The number of nitrogens with one attached hydrogen (secondary N) is 1. The van der Waals surface area contributed by atoms with Crippen molar-refractivity contribution in [2.75, 3.05) is 31.5 Å². The van der Waals surface area contributed by atoms with Gasteiger partial charge in [-0.2, -0.15) is 5.10 Å². The van der Waals surface area contributed by atoms with E-state index in [1.54, 1.807) is 0 Å². The number of aromatic nitrogens is 3. The van der Waals surface area contributed by atoms with Crippen molar-refractivity contribution in [2.24, 2.45) is 5.92 Å². The molecule has 0 aliphatic carbocycles. The summed E-state index contributed by atoms with van der Waals surface area (Å²) in [7, 11) is 0. The van der Waals surface area contributed by atoms with Crippen LogP contribution in [0.25, 0.3) is 5.69 Å². The van der Waals surface area contributed by atoms with Crippen molar-refractivity contribution in [3.8, 4) is 5.69 Å². The van der Waals surface area contributed by atoms with Gasteiger partial charge in [-0.05, 0) is 93.3 Å².